The van der Waals surface area contributed by atoms with Crippen LogP contribution in [0.3, 0.4) is 0 Å². The molecular formula is C14H11BrClIO. The Morgan fingerprint density at radius 3 is 2.44 bits per heavy atom. The van der Waals surface area contributed by atoms with Crippen LogP contribution < -0.4 is 4.74 Å². The lowest BCUT2D eigenvalue weighted by Crippen LogP contribution is -1.97. The smallest absolute Gasteiger partial charge is 0.123 e. The van der Waals surface area contributed by atoms with Gasteiger partial charge in [-0.1, -0.05) is 39.7 Å². The monoisotopic (exact) mass is 436 g/mol. The highest BCUT2D eigenvalue weighted by molar-refractivity contribution is 14.1. The van der Waals surface area contributed by atoms with Crippen molar-refractivity contribution < 1.29 is 4.74 Å². The summed E-state index contributed by atoms with van der Waals surface area (Å²) in [7, 11) is 1.67. The van der Waals surface area contributed by atoms with Crippen molar-refractivity contribution in [2.75, 3.05) is 7.11 Å². The van der Waals surface area contributed by atoms with Crippen molar-refractivity contribution in [2.24, 2.45) is 0 Å². The van der Waals surface area contributed by atoms with Crippen LogP contribution in [0.25, 0.3) is 0 Å². The van der Waals surface area contributed by atoms with Crippen LogP contribution in [0.4, 0.5) is 0 Å². The normalized spacial score (nSPS) is 12.2. The quantitative estimate of drug-likeness (QED) is 0.459. The second-order valence-electron chi connectivity index (χ2n) is 3.80. The lowest BCUT2D eigenvalue weighted by atomic mass is 10.0. The Morgan fingerprint density at radius 1 is 1.17 bits per heavy atom. The number of rotatable bonds is 3. The van der Waals surface area contributed by atoms with E-state index in [-0.39, 0.29) is 4.83 Å². The molecule has 0 saturated heterocycles. The van der Waals surface area contributed by atoms with Gasteiger partial charge in [-0.25, -0.2) is 0 Å². The largest absolute Gasteiger partial charge is 0.496 e. The number of hydrogen-bond donors (Lipinski definition) is 0. The molecule has 0 aliphatic carbocycles. The van der Waals surface area contributed by atoms with Gasteiger partial charge in [0.15, 0.2) is 0 Å². The summed E-state index contributed by atoms with van der Waals surface area (Å²) in [4.78, 5) is 0.0724. The average molecular weight is 438 g/mol. The summed E-state index contributed by atoms with van der Waals surface area (Å²) >= 11 is 12.0. The molecule has 0 heterocycles. The summed E-state index contributed by atoms with van der Waals surface area (Å²) in [5.41, 5.74) is 2.21. The van der Waals surface area contributed by atoms with Crippen LogP contribution in [0.15, 0.2) is 42.5 Å². The highest BCUT2D eigenvalue weighted by Crippen LogP contribution is 2.38. The molecule has 94 valence electrons. The minimum absolute atomic E-state index is 0.0724. The molecule has 0 bridgehead atoms. The van der Waals surface area contributed by atoms with E-state index in [0.29, 0.717) is 5.02 Å². The van der Waals surface area contributed by atoms with E-state index < -0.39 is 0 Å². The maximum absolute atomic E-state index is 6.05. The first kappa shape index (κ1) is 14.2. The molecule has 0 N–H and O–H groups in total. The van der Waals surface area contributed by atoms with Crippen molar-refractivity contribution in [2.45, 2.75) is 4.83 Å². The summed E-state index contributed by atoms with van der Waals surface area (Å²) in [6.45, 7) is 0. The SMILES string of the molecule is COc1ccc(Cl)cc1C(Br)c1ccc(I)cc1. The Morgan fingerprint density at radius 2 is 1.83 bits per heavy atom. The third-order valence-corrected chi connectivity index (χ3v) is 4.60. The lowest BCUT2D eigenvalue weighted by molar-refractivity contribution is 0.410. The molecule has 0 radical (unpaired) electrons. The van der Waals surface area contributed by atoms with Gasteiger partial charge in [-0.15, -0.1) is 0 Å². The molecule has 0 saturated carbocycles. The van der Waals surface area contributed by atoms with E-state index in [1.807, 2.05) is 18.2 Å². The van der Waals surface area contributed by atoms with Crippen molar-refractivity contribution in [3.05, 3.63) is 62.2 Å². The molecule has 1 unspecified atom stereocenters. The molecule has 18 heavy (non-hydrogen) atoms. The van der Waals surface area contributed by atoms with E-state index in [1.165, 1.54) is 9.13 Å². The second-order valence-corrected chi connectivity index (χ2v) is 6.40. The van der Waals surface area contributed by atoms with E-state index in [9.17, 15) is 0 Å². The van der Waals surface area contributed by atoms with Gasteiger partial charge in [0.1, 0.15) is 5.75 Å². The van der Waals surface area contributed by atoms with Crippen LogP contribution in [0.5, 0.6) is 5.75 Å². The highest BCUT2D eigenvalue weighted by Gasteiger charge is 2.15. The molecule has 0 amide bonds. The molecule has 2 aromatic rings. The maximum Gasteiger partial charge on any atom is 0.123 e. The van der Waals surface area contributed by atoms with Crippen molar-refractivity contribution in [3.63, 3.8) is 0 Å². The van der Waals surface area contributed by atoms with Gasteiger partial charge in [0.05, 0.1) is 11.9 Å². The third-order valence-electron chi connectivity index (χ3n) is 2.63. The summed E-state index contributed by atoms with van der Waals surface area (Å²) in [5, 5.41) is 0.709. The zero-order valence-electron chi connectivity index (χ0n) is 9.66. The standard InChI is InChI=1S/C14H11BrClIO/c1-18-13-7-4-10(16)8-12(13)14(15)9-2-5-11(17)6-3-9/h2-8,14H,1H3. The van der Waals surface area contributed by atoms with Crippen LogP contribution in [0.2, 0.25) is 5.02 Å². The Kier molecular flexibility index (Phi) is 4.92. The lowest BCUT2D eigenvalue weighted by Gasteiger charge is -2.15. The number of methoxy groups -OCH3 is 1. The van der Waals surface area contributed by atoms with E-state index >= 15 is 0 Å². The molecule has 2 rings (SSSR count). The average Bonchev–Trinajstić information content (AvgIpc) is 2.39. The van der Waals surface area contributed by atoms with Crippen LogP contribution in [-0.2, 0) is 0 Å². The van der Waals surface area contributed by atoms with Gasteiger partial charge in [-0.2, -0.15) is 0 Å². The zero-order chi connectivity index (χ0) is 13.1. The first-order valence-electron chi connectivity index (χ1n) is 5.35. The third kappa shape index (κ3) is 3.19. The molecule has 1 atom stereocenters. The minimum atomic E-state index is 0.0724. The fraction of sp³-hybridized carbons (Fsp3) is 0.143. The molecule has 0 aromatic heterocycles. The van der Waals surface area contributed by atoms with Gasteiger partial charge in [-0.05, 0) is 58.5 Å². The molecule has 2 aromatic carbocycles. The van der Waals surface area contributed by atoms with Gasteiger partial charge in [0, 0.05) is 14.2 Å². The molecule has 0 aliphatic heterocycles. The molecule has 0 spiro atoms. The van der Waals surface area contributed by atoms with Crippen LogP contribution >= 0.6 is 50.1 Å². The molecule has 1 nitrogen and oxygen atoms in total. The van der Waals surface area contributed by atoms with Gasteiger partial charge in [-0.3, -0.25) is 0 Å². The molecule has 0 aliphatic rings. The number of benzene rings is 2. The maximum atomic E-state index is 6.05. The fourth-order valence-electron chi connectivity index (χ4n) is 1.71. The number of ether oxygens (including phenoxy) is 1. The van der Waals surface area contributed by atoms with Crippen LogP contribution in [-0.4, -0.2) is 7.11 Å². The molecule has 4 heteroatoms. The van der Waals surface area contributed by atoms with Crippen molar-refractivity contribution in [3.8, 4) is 5.75 Å². The van der Waals surface area contributed by atoms with Crippen LogP contribution in [0.1, 0.15) is 16.0 Å². The second kappa shape index (κ2) is 6.26. The van der Waals surface area contributed by atoms with Gasteiger partial charge in [0.2, 0.25) is 0 Å². The van der Waals surface area contributed by atoms with Crippen molar-refractivity contribution in [1.82, 2.24) is 0 Å². The van der Waals surface area contributed by atoms with Crippen molar-refractivity contribution in [1.29, 1.82) is 0 Å². The minimum Gasteiger partial charge on any atom is -0.496 e. The Balaban J connectivity index is 2.41. The topological polar surface area (TPSA) is 9.23 Å². The molecular weight excluding hydrogens is 426 g/mol. The zero-order valence-corrected chi connectivity index (χ0v) is 14.2. The van der Waals surface area contributed by atoms with Gasteiger partial charge < -0.3 is 4.74 Å². The van der Waals surface area contributed by atoms with E-state index in [0.717, 1.165) is 11.3 Å². The predicted octanol–water partition coefficient (Wildman–Crippen LogP) is 5.44. The number of halogens is 3. The fourth-order valence-corrected chi connectivity index (χ4v) is 2.92. The Labute approximate surface area is 134 Å². The first-order valence-corrected chi connectivity index (χ1v) is 7.72. The van der Waals surface area contributed by atoms with E-state index in [4.69, 9.17) is 16.3 Å². The summed E-state index contributed by atoms with van der Waals surface area (Å²) in [5.74, 6) is 0.833. The Hall–Kier alpha value is -0.260. The van der Waals surface area contributed by atoms with E-state index in [1.54, 1.807) is 7.11 Å². The summed E-state index contributed by atoms with van der Waals surface area (Å²) < 4.78 is 6.59. The van der Waals surface area contributed by atoms with E-state index in [2.05, 4.69) is 62.8 Å². The van der Waals surface area contributed by atoms with Gasteiger partial charge in [0.25, 0.3) is 0 Å². The first-order chi connectivity index (χ1) is 8.61. The number of alkyl halides is 1. The van der Waals surface area contributed by atoms with Crippen LogP contribution in [0, 0.1) is 3.57 Å². The predicted molar refractivity (Wildman–Crippen MR) is 87.9 cm³/mol. The number of hydrogen-bond acceptors (Lipinski definition) is 1. The summed E-state index contributed by atoms with van der Waals surface area (Å²) in [6, 6.07) is 14.0. The highest BCUT2D eigenvalue weighted by atomic mass is 127. The van der Waals surface area contributed by atoms with Gasteiger partial charge >= 0.3 is 0 Å². The molecule has 0 fully saturated rings. The Bertz CT molecular complexity index is 542. The van der Waals surface area contributed by atoms with Crippen molar-refractivity contribution >= 4 is 50.1 Å². The summed E-state index contributed by atoms with van der Waals surface area (Å²) in [6.07, 6.45) is 0.